The molecule has 1 heterocycles. The second kappa shape index (κ2) is 11.4. The van der Waals surface area contributed by atoms with Crippen LogP contribution in [0.15, 0.2) is 18.2 Å². The molecule has 2 aromatic rings. The topological polar surface area (TPSA) is 100.0 Å². The molecule has 9 nitrogen and oxygen atoms in total. The monoisotopic (exact) mass is 502 g/mol. The van der Waals surface area contributed by atoms with Gasteiger partial charge in [0, 0.05) is 5.56 Å². The molecule has 0 spiro atoms. The first-order chi connectivity index (χ1) is 16.2. The molecule has 0 fully saturated rings. The van der Waals surface area contributed by atoms with Gasteiger partial charge in [0.15, 0.2) is 11.4 Å². The maximum absolute atomic E-state index is 13.3. The zero-order valence-electron chi connectivity index (χ0n) is 21.8. The van der Waals surface area contributed by atoms with Gasteiger partial charge in [-0.1, -0.05) is 13.8 Å². The molecule has 0 bridgehead atoms. The van der Waals surface area contributed by atoms with E-state index in [0.717, 1.165) is 11.4 Å². The first-order valence-electron chi connectivity index (χ1n) is 11.6. The van der Waals surface area contributed by atoms with Crippen LogP contribution in [-0.4, -0.2) is 27.6 Å². The van der Waals surface area contributed by atoms with Crippen molar-refractivity contribution < 1.29 is 22.9 Å². The molecule has 0 amide bonds. The fourth-order valence-electron chi connectivity index (χ4n) is 3.28. The Morgan fingerprint density at radius 2 is 1.71 bits per heavy atom. The number of phosphoric acid groups is 1. The van der Waals surface area contributed by atoms with Gasteiger partial charge < -0.3 is 4.74 Å². The lowest BCUT2D eigenvalue weighted by Gasteiger charge is -2.30. The van der Waals surface area contributed by atoms with Crippen molar-refractivity contribution in [3.8, 4) is 17.6 Å². The normalized spacial score (nSPS) is 12.3. The van der Waals surface area contributed by atoms with Gasteiger partial charge in [0.25, 0.3) is 0 Å². The summed E-state index contributed by atoms with van der Waals surface area (Å²) >= 11 is 0. The van der Waals surface area contributed by atoms with Gasteiger partial charge in [0.1, 0.15) is 11.4 Å². The van der Waals surface area contributed by atoms with Crippen LogP contribution in [0, 0.1) is 17.9 Å². The molecule has 0 atom stereocenters. The van der Waals surface area contributed by atoms with Crippen LogP contribution in [0.1, 0.15) is 72.3 Å². The third kappa shape index (κ3) is 8.49. The Labute approximate surface area is 208 Å². The predicted octanol–water partition coefficient (Wildman–Crippen LogP) is 6.98. The zero-order chi connectivity index (χ0) is 26.4. The molecule has 0 radical (unpaired) electrons. The van der Waals surface area contributed by atoms with Crippen molar-refractivity contribution in [1.29, 1.82) is 5.26 Å². The van der Waals surface area contributed by atoms with Gasteiger partial charge in [-0.2, -0.15) is 10.4 Å². The van der Waals surface area contributed by atoms with E-state index in [1.807, 2.05) is 13.8 Å². The summed E-state index contributed by atoms with van der Waals surface area (Å²) in [5, 5.41) is 13.9. The second-order valence-corrected chi connectivity index (χ2v) is 11.4. The van der Waals surface area contributed by atoms with E-state index in [1.54, 1.807) is 58.4 Å². The maximum atomic E-state index is 13.3. The molecule has 2 rings (SSSR count). The smallest absolute Gasteiger partial charge is 0.455 e. The minimum Gasteiger partial charge on any atom is -0.455 e. The lowest BCUT2D eigenvalue weighted by Crippen LogP contribution is -2.25. The third-order valence-electron chi connectivity index (χ3n) is 4.44. The summed E-state index contributed by atoms with van der Waals surface area (Å²) in [5.41, 5.74) is 0.775. The molecule has 0 saturated carbocycles. The van der Waals surface area contributed by atoms with Crippen LogP contribution in [0.4, 0.5) is 5.69 Å². The second-order valence-electron chi connectivity index (χ2n) is 9.88. The van der Waals surface area contributed by atoms with Crippen molar-refractivity contribution in [3.63, 3.8) is 0 Å². The van der Waals surface area contributed by atoms with Crippen LogP contribution >= 0.6 is 7.82 Å². The fourth-order valence-corrected chi connectivity index (χ4v) is 5.07. The largest absolute Gasteiger partial charge is 0.475 e. The Morgan fingerprint density at radius 1 is 1.09 bits per heavy atom. The van der Waals surface area contributed by atoms with Gasteiger partial charge in [0.05, 0.1) is 42.7 Å². The summed E-state index contributed by atoms with van der Waals surface area (Å²) < 4.78 is 38.2. The summed E-state index contributed by atoms with van der Waals surface area (Å²) in [6, 6.07) is 6.76. The van der Waals surface area contributed by atoms with E-state index in [-0.39, 0.29) is 6.61 Å². The minimum atomic E-state index is -3.84. The Balaban J connectivity index is 2.29. The molecule has 0 unspecified atom stereocenters. The summed E-state index contributed by atoms with van der Waals surface area (Å²) in [4.78, 5) is 3.42. The van der Waals surface area contributed by atoms with Crippen LogP contribution in [-0.2, 0) is 37.5 Å². The number of benzene rings is 1. The molecule has 1 aromatic heterocycles. The van der Waals surface area contributed by atoms with Crippen LogP contribution in [0.25, 0.3) is 4.85 Å². The fraction of sp³-hybridized carbons (Fsp3) is 0.560. The van der Waals surface area contributed by atoms with E-state index in [1.165, 1.54) is 6.07 Å². The van der Waals surface area contributed by atoms with Gasteiger partial charge in [-0.3, -0.25) is 18.3 Å². The molecular formula is C25H35N4O5P. The van der Waals surface area contributed by atoms with Crippen molar-refractivity contribution in [1.82, 2.24) is 9.78 Å². The molecule has 1 aromatic carbocycles. The minimum absolute atomic E-state index is 0.0481. The lowest BCUT2D eigenvalue weighted by atomic mass is 10.2. The molecule has 190 valence electrons. The number of aromatic nitrogens is 2. The SMILES string of the molecule is [C-]#[N+]c1cc(C#N)cc(Oc2c(CC)nn(CCOP(=O)(OC(C)(C)C)OC(C)(C)C)c2CC)c1. The standard InChI is InChI=1S/C25H35N4O5P/c1-10-21-23(32-20-15-18(17-26)14-19(16-20)27-9)22(11-2)29(28-21)12-13-31-35(30,33-24(3,4)5)34-25(6,7)8/h14-16H,10-13H2,1-8H3. The molecule has 10 heteroatoms. The first kappa shape index (κ1) is 28.6. The molecule has 0 saturated heterocycles. The van der Waals surface area contributed by atoms with E-state index in [2.05, 4.69) is 16.0 Å². The van der Waals surface area contributed by atoms with Crippen LogP contribution < -0.4 is 4.74 Å². The van der Waals surface area contributed by atoms with Crippen molar-refractivity contribution in [2.45, 2.75) is 86.0 Å². The highest BCUT2D eigenvalue weighted by atomic mass is 31.2. The highest BCUT2D eigenvalue weighted by Crippen LogP contribution is 2.55. The van der Waals surface area contributed by atoms with Crippen LogP contribution in [0.3, 0.4) is 0 Å². The quantitative estimate of drug-likeness (QED) is 0.255. The van der Waals surface area contributed by atoms with Crippen molar-refractivity contribution in [3.05, 3.63) is 46.6 Å². The summed E-state index contributed by atoms with van der Waals surface area (Å²) in [5.74, 6) is 0.984. The van der Waals surface area contributed by atoms with E-state index < -0.39 is 19.0 Å². The Kier molecular flexibility index (Phi) is 9.28. The van der Waals surface area contributed by atoms with Gasteiger partial charge in [-0.05, 0) is 72.6 Å². The molecule has 0 aliphatic heterocycles. The van der Waals surface area contributed by atoms with Gasteiger partial charge >= 0.3 is 7.82 Å². The predicted molar refractivity (Wildman–Crippen MR) is 134 cm³/mol. The lowest BCUT2D eigenvalue weighted by molar-refractivity contribution is 0.00226. The Bertz CT molecular complexity index is 1110. The number of aryl methyl sites for hydroxylation is 1. The number of hydrogen-bond acceptors (Lipinski definition) is 7. The number of hydrogen-bond donors (Lipinski definition) is 0. The van der Waals surface area contributed by atoms with E-state index in [9.17, 15) is 9.83 Å². The van der Waals surface area contributed by atoms with Gasteiger partial charge in [-0.25, -0.2) is 9.41 Å². The number of ether oxygens (including phenoxy) is 1. The number of rotatable bonds is 10. The highest BCUT2D eigenvalue weighted by molar-refractivity contribution is 7.48. The van der Waals surface area contributed by atoms with Gasteiger partial charge in [0.2, 0.25) is 0 Å². The van der Waals surface area contributed by atoms with Gasteiger partial charge in [-0.15, -0.1) is 0 Å². The summed E-state index contributed by atoms with van der Waals surface area (Å²) in [6.07, 6.45) is 1.23. The molecule has 0 aliphatic rings. The Morgan fingerprint density at radius 3 is 2.20 bits per heavy atom. The maximum Gasteiger partial charge on any atom is 0.475 e. The van der Waals surface area contributed by atoms with Crippen LogP contribution in [0.5, 0.6) is 11.5 Å². The first-order valence-corrected chi connectivity index (χ1v) is 13.0. The summed E-state index contributed by atoms with van der Waals surface area (Å²) in [7, 11) is -3.84. The highest BCUT2D eigenvalue weighted by Gasteiger charge is 2.37. The average molecular weight is 503 g/mol. The number of nitriles is 1. The number of phosphoric ester groups is 1. The van der Waals surface area contributed by atoms with Crippen molar-refractivity contribution in [2.24, 2.45) is 0 Å². The Hall–Kier alpha value is -2.68. The van der Waals surface area contributed by atoms with Crippen LogP contribution in [0.2, 0.25) is 0 Å². The molecule has 0 aliphatic carbocycles. The molecule has 35 heavy (non-hydrogen) atoms. The van der Waals surface area contributed by atoms with Crippen molar-refractivity contribution in [2.75, 3.05) is 6.61 Å². The van der Waals surface area contributed by atoms with E-state index in [0.29, 0.717) is 42.1 Å². The number of nitrogens with zero attached hydrogens (tertiary/aromatic N) is 4. The summed E-state index contributed by atoms with van der Waals surface area (Å²) in [6.45, 7) is 22.3. The molecule has 0 N–H and O–H groups in total. The van der Waals surface area contributed by atoms with Crippen molar-refractivity contribution >= 4 is 13.5 Å². The van der Waals surface area contributed by atoms with E-state index in [4.69, 9.17) is 24.9 Å². The zero-order valence-corrected chi connectivity index (χ0v) is 22.7. The van der Waals surface area contributed by atoms with E-state index >= 15 is 0 Å². The third-order valence-corrected chi connectivity index (χ3v) is 6.48. The molecular weight excluding hydrogens is 467 g/mol. The average Bonchev–Trinajstić information content (AvgIpc) is 3.06.